The van der Waals surface area contributed by atoms with E-state index in [4.69, 9.17) is 4.74 Å². The van der Waals surface area contributed by atoms with Gasteiger partial charge in [-0.2, -0.15) is 0 Å². The third-order valence-electron chi connectivity index (χ3n) is 4.59. The molecule has 1 aliphatic rings. The second-order valence-corrected chi connectivity index (χ2v) is 6.61. The number of phenolic OH excluding ortho intramolecular Hbond substituents is 2. The molecule has 2 heterocycles. The lowest BCUT2D eigenvalue weighted by molar-refractivity contribution is 0.0216. The maximum absolute atomic E-state index is 10.3. The standard InChI is InChI=1S/C21H22N4O3/c26-17-8-5-16(6-9-17)7-10-20-22-21(18-3-1-2-4-19(18)27)25(23-20)15-24-11-13-28-14-12-24/h1-10,26-27H,11-15H2/b10-7+. The molecule has 1 saturated heterocycles. The minimum absolute atomic E-state index is 0.173. The van der Waals surface area contributed by atoms with Crippen LogP contribution >= 0.6 is 0 Å². The third kappa shape index (κ3) is 4.21. The molecule has 4 rings (SSSR count). The highest BCUT2D eigenvalue weighted by molar-refractivity contribution is 5.69. The Balaban J connectivity index is 1.65. The van der Waals surface area contributed by atoms with Crippen LogP contribution in [0.4, 0.5) is 0 Å². The molecule has 0 atom stereocenters. The van der Waals surface area contributed by atoms with Gasteiger partial charge in [0.25, 0.3) is 0 Å². The fourth-order valence-corrected chi connectivity index (χ4v) is 3.08. The zero-order valence-corrected chi connectivity index (χ0v) is 15.4. The first-order valence-electron chi connectivity index (χ1n) is 9.19. The van der Waals surface area contributed by atoms with Crippen molar-refractivity contribution >= 4 is 12.2 Å². The van der Waals surface area contributed by atoms with E-state index in [1.54, 1.807) is 24.3 Å². The number of aromatic nitrogens is 3. The maximum Gasteiger partial charge on any atom is 0.174 e. The normalized spacial score (nSPS) is 15.3. The summed E-state index contributed by atoms with van der Waals surface area (Å²) < 4.78 is 7.23. The summed E-state index contributed by atoms with van der Waals surface area (Å²) in [5.74, 6) is 1.58. The SMILES string of the molecule is Oc1ccc(/C=C/c2nc(-c3ccccc3O)n(CN3CCOCC3)n2)cc1. The highest BCUT2D eigenvalue weighted by Crippen LogP contribution is 2.27. The van der Waals surface area contributed by atoms with E-state index in [-0.39, 0.29) is 11.5 Å². The number of ether oxygens (including phenoxy) is 1. The van der Waals surface area contributed by atoms with E-state index < -0.39 is 0 Å². The van der Waals surface area contributed by atoms with E-state index >= 15 is 0 Å². The van der Waals surface area contributed by atoms with Crippen LogP contribution in [0.5, 0.6) is 11.5 Å². The van der Waals surface area contributed by atoms with Crippen molar-refractivity contribution in [3.63, 3.8) is 0 Å². The van der Waals surface area contributed by atoms with Gasteiger partial charge in [-0.15, -0.1) is 5.10 Å². The second-order valence-electron chi connectivity index (χ2n) is 6.61. The van der Waals surface area contributed by atoms with Gasteiger partial charge in [-0.25, -0.2) is 9.67 Å². The van der Waals surface area contributed by atoms with Crippen LogP contribution in [0.15, 0.2) is 48.5 Å². The first-order valence-corrected chi connectivity index (χ1v) is 9.19. The van der Waals surface area contributed by atoms with Gasteiger partial charge in [0, 0.05) is 13.1 Å². The molecule has 2 N–H and O–H groups in total. The number of nitrogens with zero attached hydrogens (tertiary/aromatic N) is 4. The molecule has 2 aromatic carbocycles. The second kappa shape index (κ2) is 8.24. The summed E-state index contributed by atoms with van der Waals surface area (Å²) in [5, 5.41) is 24.3. The molecule has 0 spiro atoms. The highest BCUT2D eigenvalue weighted by Gasteiger charge is 2.18. The summed E-state index contributed by atoms with van der Waals surface area (Å²) >= 11 is 0. The van der Waals surface area contributed by atoms with Crippen LogP contribution in [-0.4, -0.2) is 56.2 Å². The van der Waals surface area contributed by atoms with Gasteiger partial charge in [-0.1, -0.05) is 30.3 Å². The lowest BCUT2D eigenvalue weighted by atomic mass is 10.2. The smallest absolute Gasteiger partial charge is 0.174 e. The minimum atomic E-state index is 0.173. The van der Waals surface area contributed by atoms with Crippen LogP contribution in [0.1, 0.15) is 11.4 Å². The Kier molecular flexibility index (Phi) is 5.36. The van der Waals surface area contributed by atoms with Crippen LogP contribution in [0.3, 0.4) is 0 Å². The molecule has 0 saturated carbocycles. The fraction of sp³-hybridized carbons (Fsp3) is 0.238. The molecule has 1 aromatic heterocycles. The van der Waals surface area contributed by atoms with Crippen molar-refractivity contribution in [3.05, 3.63) is 59.9 Å². The van der Waals surface area contributed by atoms with Gasteiger partial charge in [0.1, 0.15) is 11.5 Å². The molecule has 0 radical (unpaired) electrons. The van der Waals surface area contributed by atoms with Crippen molar-refractivity contribution in [1.82, 2.24) is 19.7 Å². The van der Waals surface area contributed by atoms with Crippen molar-refractivity contribution in [2.24, 2.45) is 0 Å². The number of para-hydroxylation sites is 1. The predicted molar refractivity (Wildman–Crippen MR) is 107 cm³/mol. The summed E-state index contributed by atoms with van der Waals surface area (Å²) in [4.78, 5) is 6.88. The van der Waals surface area contributed by atoms with Gasteiger partial charge < -0.3 is 14.9 Å². The fourth-order valence-electron chi connectivity index (χ4n) is 3.08. The number of phenols is 2. The summed E-state index contributed by atoms with van der Waals surface area (Å²) in [5.41, 5.74) is 1.58. The number of rotatable bonds is 5. The summed E-state index contributed by atoms with van der Waals surface area (Å²) in [6.07, 6.45) is 3.72. The minimum Gasteiger partial charge on any atom is -0.508 e. The average Bonchev–Trinajstić information content (AvgIpc) is 3.11. The van der Waals surface area contributed by atoms with E-state index in [0.29, 0.717) is 37.1 Å². The monoisotopic (exact) mass is 378 g/mol. The van der Waals surface area contributed by atoms with Crippen LogP contribution in [0, 0.1) is 0 Å². The highest BCUT2D eigenvalue weighted by atomic mass is 16.5. The molecule has 0 aliphatic carbocycles. The number of hydrogen-bond acceptors (Lipinski definition) is 6. The van der Waals surface area contributed by atoms with Gasteiger partial charge in [-0.3, -0.25) is 4.90 Å². The van der Waals surface area contributed by atoms with Crippen molar-refractivity contribution in [1.29, 1.82) is 0 Å². The topological polar surface area (TPSA) is 83.6 Å². The Bertz CT molecular complexity index is 960. The van der Waals surface area contributed by atoms with Crippen molar-refractivity contribution in [2.75, 3.05) is 26.3 Å². The summed E-state index contributed by atoms with van der Waals surface area (Å²) in [6.45, 7) is 3.65. The molecule has 0 unspecified atom stereocenters. The van der Waals surface area contributed by atoms with Crippen LogP contribution in [-0.2, 0) is 11.4 Å². The number of aromatic hydroxyl groups is 2. The van der Waals surface area contributed by atoms with Crippen LogP contribution < -0.4 is 0 Å². The van der Waals surface area contributed by atoms with Crippen molar-refractivity contribution < 1.29 is 14.9 Å². The van der Waals surface area contributed by atoms with Gasteiger partial charge in [0.15, 0.2) is 11.6 Å². The Morgan fingerprint density at radius 1 is 0.964 bits per heavy atom. The average molecular weight is 378 g/mol. The predicted octanol–water partition coefficient (Wildman–Crippen LogP) is 2.82. The maximum atomic E-state index is 10.3. The van der Waals surface area contributed by atoms with E-state index in [0.717, 1.165) is 18.7 Å². The van der Waals surface area contributed by atoms with Gasteiger partial charge in [0.2, 0.25) is 0 Å². The summed E-state index contributed by atoms with van der Waals surface area (Å²) in [6, 6.07) is 14.1. The van der Waals surface area contributed by atoms with Crippen LogP contribution in [0.25, 0.3) is 23.5 Å². The molecular formula is C21H22N4O3. The Labute approximate surface area is 163 Å². The largest absolute Gasteiger partial charge is 0.508 e. The molecule has 28 heavy (non-hydrogen) atoms. The first-order chi connectivity index (χ1) is 13.7. The van der Waals surface area contributed by atoms with E-state index in [1.807, 2.05) is 41.1 Å². The molecule has 0 bridgehead atoms. The molecule has 1 fully saturated rings. The zero-order valence-electron chi connectivity index (χ0n) is 15.4. The Morgan fingerprint density at radius 2 is 1.71 bits per heavy atom. The van der Waals surface area contributed by atoms with Crippen molar-refractivity contribution in [3.8, 4) is 22.9 Å². The van der Waals surface area contributed by atoms with Crippen LogP contribution in [0.2, 0.25) is 0 Å². The van der Waals surface area contributed by atoms with Gasteiger partial charge in [0.05, 0.1) is 25.4 Å². The molecule has 1 aliphatic heterocycles. The zero-order chi connectivity index (χ0) is 19.3. The molecule has 7 heteroatoms. The quantitative estimate of drug-likeness (QED) is 0.710. The summed E-state index contributed by atoms with van der Waals surface area (Å²) in [7, 11) is 0. The number of morpholine rings is 1. The van der Waals surface area contributed by atoms with E-state index in [1.165, 1.54) is 0 Å². The number of hydrogen-bond donors (Lipinski definition) is 2. The number of benzene rings is 2. The molecule has 3 aromatic rings. The lowest BCUT2D eigenvalue weighted by Gasteiger charge is -2.26. The molecule has 7 nitrogen and oxygen atoms in total. The molecule has 144 valence electrons. The third-order valence-corrected chi connectivity index (χ3v) is 4.59. The molecule has 0 amide bonds. The van der Waals surface area contributed by atoms with Crippen molar-refractivity contribution in [2.45, 2.75) is 6.67 Å². The first kappa shape index (κ1) is 18.2. The van der Waals surface area contributed by atoms with E-state index in [2.05, 4.69) is 15.0 Å². The van der Waals surface area contributed by atoms with E-state index in [9.17, 15) is 10.2 Å². The Morgan fingerprint density at radius 3 is 2.46 bits per heavy atom. The van der Waals surface area contributed by atoms with Gasteiger partial charge in [-0.05, 0) is 35.9 Å². The lowest BCUT2D eigenvalue weighted by Crippen LogP contribution is -2.37. The molecular weight excluding hydrogens is 356 g/mol. The van der Waals surface area contributed by atoms with Gasteiger partial charge >= 0.3 is 0 Å². The Hall–Kier alpha value is -3.16.